The van der Waals surface area contributed by atoms with Crippen LogP contribution < -0.4 is 5.32 Å². The van der Waals surface area contributed by atoms with Gasteiger partial charge in [0.2, 0.25) is 15.9 Å². The molecule has 1 heterocycles. The number of hydrogen-bond donors (Lipinski definition) is 1. The molecule has 1 saturated heterocycles. The molecule has 0 spiro atoms. The van der Waals surface area contributed by atoms with Crippen LogP contribution in [0, 0.1) is 0 Å². The predicted molar refractivity (Wildman–Crippen MR) is 126 cm³/mol. The molecule has 2 aromatic rings. The molecule has 1 aliphatic rings. The normalized spacial score (nSPS) is 17.5. The van der Waals surface area contributed by atoms with Crippen molar-refractivity contribution >= 4 is 39.1 Å². The van der Waals surface area contributed by atoms with E-state index >= 15 is 0 Å². The molecule has 0 aliphatic carbocycles. The van der Waals surface area contributed by atoms with E-state index in [0.29, 0.717) is 29.7 Å². The summed E-state index contributed by atoms with van der Waals surface area (Å²) in [5, 5.41) is 3.98. The first kappa shape index (κ1) is 25.0. The van der Waals surface area contributed by atoms with Gasteiger partial charge in [0.1, 0.15) is 0 Å². The Labute approximate surface area is 199 Å². The van der Waals surface area contributed by atoms with Crippen LogP contribution in [0.15, 0.2) is 47.4 Å². The average Bonchev–Trinajstić information content (AvgIpc) is 2.75. The largest absolute Gasteiger partial charge is 0.374 e. The summed E-state index contributed by atoms with van der Waals surface area (Å²) < 4.78 is 31.2. The molecule has 1 atom stereocenters. The van der Waals surface area contributed by atoms with Crippen LogP contribution >= 0.6 is 23.2 Å². The smallest absolute Gasteiger partial charge is 0.242 e. The molecule has 1 fully saturated rings. The van der Waals surface area contributed by atoms with Crippen LogP contribution in [0.1, 0.15) is 11.1 Å². The monoisotopic (exact) mass is 499 g/mol. The van der Waals surface area contributed by atoms with Crippen molar-refractivity contribution in [1.29, 1.82) is 0 Å². The third-order valence-electron chi connectivity index (χ3n) is 5.21. The molecule has 0 radical (unpaired) electrons. The fraction of sp³-hybridized carbons (Fsp3) is 0.409. The summed E-state index contributed by atoms with van der Waals surface area (Å²) in [6.07, 6.45) is 0.0604. The summed E-state index contributed by atoms with van der Waals surface area (Å²) in [6, 6.07) is 12.0. The van der Waals surface area contributed by atoms with Gasteiger partial charge in [-0.05, 0) is 35.4 Å². The van der Waals surface area contributed by atoms with E-state index in [1.54, 1.807) is 18.2 Å². The predicted octanol–water partition coefficient (Wildman–Crippen LogP) is 2.80. The molecule has 10 heteroatoms. The zero-order chi connectivity index (χ0) is 23.3. The Hall–Kier alpha value is -1.68. The highest BCUT2D eigenvalue weighted by Gasteiger charge is 2.22. The molecule has 1 unspecified atom stereocenters. The zero-order valence-electron chi connectivity index (χ0n) is 18.1. The Kier molecular flexibility index (Phi) is 8.55. The van der Waals surface area contributed by atoms with E-state index in [2.05, 4.69) is 10.2 Å². The van der Waals surface area contributed by atoms with Gasteiger partial charge in [-0.1, -0.05) is 41.4 Å². The molecule has 1 amide bonds. The molecule has 1 N–H and O–H groups in total. The first-order valence-electron chi connectivity index (χ1n) is 10.2. The number of hydrogen-bond acceptors (Lipinski definition) is 5. The van der Waals surface area contributed by atoms with Gasteiger partial charge in [-0.15, -0.1) is 0 Å². The van der Waals surface area contributed by atoms with Gasteiger partial charge in [-0.2, -0.15) is 0 Å². The second-order valence-electron chi connectivity index (χ2n) is 7.89. The lowest BCUT2D eigenvalue weighted by Crippen LogP contribution is -2.47. The number of sulfonamides is 1. The second-order valence-corrected chi connectivity index (χ2v) is 10.9. The number of nitrogens with one attached hydrogen (secondary N) is 1. The van der Waals surface area contributed by atoms with Crippen molar-refractivity contribution in [3.8, 4) is 0 Å². The number of halogens is 2. The van der Waals surface area contributed by atoms with Crippen molar-refractivity contribution in [2.45, 2.75) is 24.0 Å². The van der Waals surface area contributed by atoms with Gasteiger partial charge in [-0.3, -0.25) is 9.69 Å². The Morgan fingerprint density at radius 1 is 1.12 bits per heavy atom. The summed E-state index contributed by atoms with van der Waals surface area (Å²) in [6.45, 7) is 3.21. The van der Waals surface area contributed by atoms with Crippen LogP contribution in [0.4, 0.5) is 0 Å². The zero-order valence-corrected chi connectivity index (χ0v) is 20.4. The van der Waals surface area contributed by atoms with Crippen LogP contribution in [0.25, 0.3) is 0 Å². The van der Waals surface area contributed by atoms with Crippen molar-refractivity contribution in [3.05, 3.63) is 63.6 Å². The van der Waals surface area contributed by atoms with Crippen LogP contribution in [-0.2, 0) is 32.5 Å². The van der Waals surface area contributed by atoms with E-state index in [-0.39, 0.29) is 23.3 Å². The van der Waals surface area contributed by atoms with Crippen molar-refractivity contribution < 1.29 is 17.9 Å². The van der Waals surface area contributed by atoms with E-state index < -0.39 is 10.0 Å². The first-order valence-corrected chi connectivity index (χ1v) is 12.4. The molecule has 2 aromatic carbocycles. The van der Waals surface area contributed by atoms with E-state index in [9.17, 15) is 13.2 Å². The van der Waals surface area contributed by atoms with Crippen molar-refractivity contribution in [2.24, 2.45) is 0 Å². The fourth-order valence-electron chi connectivity index (χ4n) is 3.41. The number of carbonyl (C=O) groups is 1. The number of carbonyl (C=O) groups excluding carboxylic acids is 1. The Balaban J connectivity index is 1.47. The minimum absolute atomic E-state index is 0.108. The molecule has 1 aliphatic heterocycles. The van der Waals surface area contributed by atoms with E-state index in [1.165, 1.54) is 26.2 Å². The molecule has 32 heavy (non-hydrogen) atoms. The number of benzene rings is 2. The van der Waals surface area contributed by atoms with Gasteiger partial charge in [0.15, 0.2) is 0 Å². The SMILES string of the molecule is CN(C)S(=O)(=O)c1ccc(CC(=O)NCC2CN(Cc3ccc(Cl)c(Cl)c3)CCO2)cc1. The van der Waals surface area contributed by atoms with Crippen LogP contribution in [0.3, 0.4) is 0 Å². The third-order valence-corrected chi connectivity index (χ3v) is 7.77. The van der Waals surface area contributed by atoms with Gasteiger partial charge in [0.05, 0.1) is 34.1 Å². The highest BCUT2D eigenvalue weighted by atomic mass is 35.5. The molecule has 0 aromatic heterocycles. The lowest BCUT2D eigenvalue weighted by molar-refractivity contribution is -0.121. The summed E-state index contributed by atoms with van der Waals surface area (Å²) in [4.78, 5) is 14.8. The fourth-order valence-corrected chi connectivity index (χ4v) is 4.63. The number of rotatable bonds is 8. The van der Waals surface area contributed by atoms with Gasteiger partial charge < -0.3 is 10.1 Å². The average molecular weight is 500 g/mol. The van der Waals surface area contributed by atoms with Gasteiger partial charge in [0.25, 0.3) is 0 Å². The quantitative estimate of drug-likeness (QED) is 0.603. The van der Waals surface area contributed by atoms with Gasteiger partial charge in [-0.25, -0.2) is 12.7 Å². The maximum absolute atomic E-state index is 12.4. The lowest BCUT2D eigenvalue weighted by Gasteiger charge is -2.33. The topological polar surface area (TPSA) is 79.0 Å². The van der Waals surface area contributed by atoms with E-state index in [4.69, 9.17) is 27.9 Å². The molecule has 7 nitrogen and oxygen atoms in total. The highest BCUT2D eigenvalue weighted by molar-refractivity contribution is 7.89. The van der Waals surface area contributed by atoms with Crippen LogP contribution in [0.5, 0.6) is 0 Å². The van der Waals surface area contributed by atoms with Crippen LogP contribution in [0.2, 0.25) is 10.0 Å². The summed E-state index contributed by atoms with van der Waals surface area (Å²) in [7, 11) is -0.518. The number of morpholine rings is 1. The Bertz CT molecular complexity index is 1050. The van der Waals surface area contributed by atoms with Crippen molar-refractivity contribution in [1.82, 2.24) is 14.5 Å². The summed E-state index contributed by atoms with van der Waals surface area (Å²) in [5.74, 6) is -0.140. The highest BCUT2D eigenvalue weighted by Crippen LogP contribution is 2.23. The maximum atomic E-state index is 12.4. The van der Waals surface area contributed by atoms with Crippen molar-refractivity contribution in [3.63, 3.8) is 0 Å². The van der Waals surface area contributed by atoms with E-state index in [1.807, 2.05) is 12.1 Å². The van der Waals surface area contributed by atoms with Crippen LogP contribution in [-0.4, -0.2) is 70.0 Å². The minimum Gasteiger partial charge on any atom is -0.374 e. The standard InChI is InChI=1S/C22H27Cl2N3O4S/c1-26(2)32(29,30)19-6-3-16(4-7-19)12-22(28)25-13-18-15-27(9-10-31-18)14-17-5-8-20(23)21(24)11-17/h3-8,11,18H,9-10,12-15H2,1-2H3,(H,25,28). The lowest BCUT2D eigenvalue weighted by atomic mass is 10.1. The Morgan fingerprint density at radius 2 is 1.81 bits per heavy atom. The summed E-state index contributed by atoms with van der Waals surface area (Å²) in [5.41, 5.74) is 1.81. The summed E-state index contributed by atoms with van der Waals surface area (Å²) >= 11 is 12.1. The molecule has 0 bridgehead atoms. The number of ether oxygens (including phenoxy) is 1. The van der Waals surface area contributed by atoms with E-state index in [0.717, 1.165) is 28.5 Å². The molecular weight excluding hydrogens is 473 g/mol. The Morgan fingerprint density at radius 3 is 2.47 bits per heavy atom. The molecule has 174 valence electrons. The molecular formula is C22H27Cl2N3O4S. The van der Waals surface area contributed by atoms with Gasteiger partial charge >= 0.3 is 0 Å². The second kappa shape index (κ2) is 11.0. The maximum Gasteiger partial charge on any atom is 0.242 e. The minimum atomic E-state index is -3.48. The molecule has 3 rings (SSSR count). The van der Waals surface area contributed by atoms with Gasteiger partial charge in [0, 0.05) is 40.3 Å². The molecule has 0 saturated carbocycles. The first-order chi connectivity index (χ1) is 15.1. The number of amides is 1. The van der Waals surface area contributed by atoms with Crippen molar-refractivity contribution in [2.75, 3.05) is 40.3 Å². The third kappa shape index (κ3) is 6.66. The number of nitrogens with zero attached hydrogens (tertiary/aromatic N) is 2.